The van der Waals surface area contributed by atoms with Crippen molar-refractivity contribution in [2.45, 2.75) is 32.7 Å². The molecular formula is C14H22N2O. The molecule has 3 nitrogen and oxygen atoms in total. The van der Waals surface area contributed by atoms with Crippen LogP contribution in [0.2, 0.25) is 0 Å². The molecule has 3 N–H and O–H groups in total. The fraction of sp³-hybridized carbons (Fsp3) is 0.571. The third-order valence-electron chi connectivity index (χ3n) is 3.57. The molecule has 0 aliphatic carbocycles. The second-order valence-corrected chi connectivity index (χ2v) is 4.97. The molecule has 1 atom stereocenters. The second-order valence-electron chi connectivity index (χ2n) is 4.97. The summed E-state index contributed by atoms with van der Waals surface area (Å²) < 4.78 is 5.39. The van der Waals surface area contributed by atoms with E-state index in [1.54, 1.807) is 0 Å². The van der Waals surface area contributed by atoms with Crippen molar-refractivity contribution in [2.24, 2.45) is 5.92 Å². The van der Waals surface area contributed by atoms with E-state index >= 15 is 0 Å². The average molecular weight is 234 g/mol. The molecule has 2 rings (SSSR count). The minimum absolute atomic E-state index is 0.447. The standard InChI is InChI=1S/C14H22N2O/c1-10-3-4-13(15)14(9-10)16-11(2)12-5-7-17-8-6-12/h3-4,9,11-12,16H,5-8,15H2,1-2H3. The number of ether oxygens (including phenoxy) is 1. The van der Waals surface area contributed by atoms with Crippen LogP contribution in [-0.2, 0) is 4.74 Å². The highest BCUT2D eigenvalue weighted by Crippen LogP contribution is 2.25. The first kappa shape index (κ1) is 12.2. The van der Waals surface area contributed by atoms with E-state index in [1.165, 1.54) is 5.56 Å². The fourth-order valence-electron chi connectivity index (χ4n) is 2.37. The van der Waals surface area contributed by atoms with Gasteiger partial charge in [-0.15, -0.1) is 0 Å². The molecule has 1 saturated heterocycles. The SMILES string of the molecule is Cc1ccc(N)c(NC(C)C2CCOCC2)c1. The smallest absolute Gasteiger partial charge is 0.0578 e. The summed E-state index contributed by atoms with van der Waals surface area (Å²) in [5.41, 5.74) is 9.10. The minimum Gasteiger partial charge on any atom is -0.397 e. The maximum atomic E-state index is 5.98. The van der Waals surface area contributed by atoms with Crippen LogP contribution in [0.5, 0.6) is 0 Å². The molecule has 1 aromatic rings. The van der Waals surface area contributed by atoms with Crippen LogP contribution in [0.4, 0.5) is 11.4 Å². The van der Waals surface area contributed by atoms with Gasteiger partial charge < -0.3 is 15.8 Å². The van der Waals surface area contributed by atoms with Gasteiger partial charge in [-0.3, -0.25) is 0 Å². The number of nitrogens with one attached hydrogen (secondary N) is 1. The first-order chi connectivity index (χ1) is 8.16. The first-order valence-corrected chi connectivity index (χ1v) is 6.37. The van der Waals surface area contributed by atoms with Crippen LogP contribution < -0.4 is 11.1 Å². The van der Waals surface area contributed by atoms with Crippen molar-refractivity contribution in [3.63, 3.8) is 0 Å². The van der Waals surface area contributed by atoms with Gasteiger partial charge >= 0.3 is 0 Å². The Morgan fingerprint density at radius 2 is 2.06 bits per heavy atom. The lowest BCUT2D eigenvalue weighted by Crippen LogP contribution is -2.31. The van der Waals surface area contributed by atoms with Gasteiger partial charge in [0, 0.05) is 19.3 Å². The van der Waals surface area contributed by atoms with E-state index in [4.69, 9.17) is 10.5 Å². The van der Waals surface area contributed by atoms with Crippen LogP contribution in [0.25, 0.3) is 0 Å². The fourth-order valence-corrected chi connectivity index (χ4v) is 2.37. The van der Waals surface area contributed by atoms with E-state index in [0.717, 1.165) is 37.4 Å². The Bertz CT molecular complexity index is 372. The zero-order chi connectivity index (χ0) is 12.3. The van der Waals surface area contributed by atoms with Gasteiger partial charge in [-0.25, -0.2) is 0 Å². The summed E-state index contributed by atoms with van der Waals surface area (Å²) in [6, 6.07) is 6.57. The van der Waals surface area contributed by atoms with Gasteiger partial charge in [-0.05, 0) is 50.3 Å². The van der Waals surface area contributed by atoms with E-state index in [2.05, 4.69) is 25.2 Å². The summed E-state index contributed by atoms with van der Waals surface area (Å²) in [4.78, 5) is 0. The molecule has 0 aromatic heterocycles. The maximum Gasteiger partial charge on any atom is 0.0578 e. The predicted octanol–water partition coefficient (Wildman–Crippen LogP) is 2.80. The molecule has 0 amide bonds. The lowest BCUT2D eigenvalue weighted by atomic mass is 9.92. The number of rotatable bonds is 3. The number of hydrogen-bond acceptors (Lipinski definition) is 3. The van der Waals surface area contributed by atoms with Gasteiger partial charge in [-0.2, -0.15) is 0 Å². The van der Waals surface area contributed by atoms with Crippen LogP contribution in [-0.4, -0.2) is 19.3 Å². The normalized spacial score (nSPS) is 18.9. The van der Waals surface area contributed by atoms with Crippen LogP contribution in [0.15, 0.2) is 18.2 Å². The number of anilines is 2. The molecule has 1 unspecified atom stereocenters. The van der Waals surface area contributed by atoms with Gasteiger partial charge in [0.05, 0.1) is 11.4 Å². The zero-order valence-electron chi connectivity index (χ0n) is 10.7. The summed E-state index contributed by atoms with van der Waals surface area (Å²) in [5.74, 6) is 0.684. The summed E-state index contributed by atoms with van der Waals surface area (Å²) in [6.45, 7) is 6.10. The number of nitrogens with two attached hydrogens (primary N) is 1. The molecule has 1 aromatic carbocycles. The van der Waals surface area contributed by atoms with Gasteiger partial charge in [0.1, 0.15) is 0 Å². The summed E-state index contributed by atoms with van der Waals surface area (Å²) in [5, 5.41) is 3.54. The van der Waals surface area contributed by atoms with E-state index in [9.17, 15) is 0 Å². The van der Waals surface area contributed by atoms with E-state index in [0.29, 0.717) is 12.0 Å². The molecule has 1 fully saturated rings. The van der Waals surface area contributed by atoms with Crippen molar-refractivity contribution in [1.82, 2.24) is 0 Å². The number of nitrogen functional groups attached to an aromatic ring is 1. The highest BCUT2D eigenvalue weighted by molar-refractivity contribution is 5.67. The highest BCUT2D eigenvalue weighted by atomic mass is 16.5. The molecule has 0 spiro atoms. The Morgan fingerprint density at radius 1 is 1.35 bits per heavy atom. The van der Waals surface area contributed by atoms with E-state index < -0.39 is 0 Å². The summed E-state index contributed by atoms with van der Waals surface area (Å²) in [6.07, 6.45) is 2.28. The number of benzene rings is 1. The minimum atomic E-state index is 0.447. The molecule has 0 bridgehead atoms. The second kappa shape index (κ2) is 5.41. The quantitative estimate of drug-likeness (QED) is 0.791. The Kier molecular flexibility index (Phi) is 3.89. The molecule has 94 valence electrons. The van der Waals surface area contributed by atoms with Crippen molar-refractivity contribution in [3.05, 3.63) is 23.8 Å². The predicted molar refractivity (Wildman–Crippen MR) is 72.2 cm³/mol. The topological polar surface area (TPSA) is 47.3 Å². The van der Waals surface area contributed by atoms with Gasteiger partial charge in [0.2, 0.25) is 0 Å². The van der Waals surface area contributed by atoms with Crippen LogP contribution >= 0.6 is 0 Å². The van der Waals surface area contributed by atoms with Gasteiger partial charge in [0.15, 0.2) is 0 Å². The Balaban J connectivity index is 2.01. The molecule has 1 aliphatic heterocycles. The number of aryl methyl sites for hydroxylation is 1. The summed E-state index contributed by atoms with van der Waals surface area (Å²) >= 11 is 0. The van der Waals surface area contributed by atoms with Crippen molar-refractivity contribution < 1.29 is 4.74 Å². The van der Waals surface area contributed by atoms with E-state index in [-0.39, 0.29) is 0 Å². The Labute approximate surface area is 103 Å². The molecule has 1 heterocycles. The molecule has 0 saturated carbocycles. The zero-order valence-corrected chi connectivity index (χ0v) is 10.7. The van der Waals surface area contributed by atoms with Crippen LogP contribution in [0, 0.1) is 12.8 Å². The third-order valence-corrected chi connectivity index (χ3v) is 3.57. The van der Waals surface area contributed by atoms with E-state index in [1.807, 2.05) is 12.1 Å². The van der Waals surface area contributed by atoms with Gasteiger partial charge in [0.25, 0.3) is 0 Å². The van der Waals surface area contributed by atoms with Gasteiger partial charge in [-0.1, -0.05) is 6.07 Å². The lowest BCUT2D eigenvalue weighted by Gasteiger charge is -2.29. The molecular weight excluding hydrogens is 212 g/mol. The highest BCUT2D eigenvalue weighted by Gasteiger charge is 2.20. The lowest BCUT2D eigenvalue weighted by molar-refractivity contribution is 0.0622. The summed E-state index contributed by atoms with van der Waals surface area (Å²) in [7, 11) is 0. The van der Waals surface area contributed by atoms with Crippen molar-refractivity contribution >= 4 is 11.4 Å². The molecule has 0 radical (unpaired) electrons. The molecule has 17 heavy (non-hydrogen) atoms. The monoisotopic (exact) mass is 234 g/mol. The average Bonchev–Trinajstić information content (AvgIpc) is 2.35. The third kappa shape index (κ3) is 3.13. The molecule has 1 aliphatic rings. The molecule has 3 heteroatoms. The Hall–Kier alpha value is -1.22. The van der Waals surface area contributed by atoms with Crippen LogP contribution in [0.1, 0.15) is 25.3 Å². The van der Waals surface area contributed by atoms with Crippen molar-refractivity contribution in [3.8, 4) is 0 Å². The van der Waals surface area contributed by atoms with Crippen LogP contribution in [0.3, 0.4) is 0 Å². The maximum absolute atomic E-state index is 5.98. The number of hydrogen-bond donors (Lipinski definition) is 2. The van der Waals surface area contributed by atoms with Crippen molar-refractivity contribution in [2.75, 3.05) is 24.3 Å². The Morgan fingerprint density at radius 3 is 2.76 bits per heavy atom. The largest absolute Gasteiger partial charge is 0.397 e. The first-order valence-electron chi connectivity index (χ1n) is 6.37. The van der Waals surface area contributed by atoms with Crippen molar-refractivity contribution in [1.29, 1.82) is 0 Å².